The van der Waals surface area contributed by atoms with Gasteiger partial charge in [-0.2, -0.15) is 9.40 Å². The molecule has 1 saturated heterocycles. The normalized spacial score (nSPS) is 20.7. The molecule has 9 heteroatoms. The summed E-state index contributed by atoms with van der Waals surface area (Å²) in [5.74, 6) is 0. The molecule has 0 radical (unpaired) electrons. The van der Waals surface area contributed by atoms with E-state index in [2.05, 4.69) is 15.4 Å². The highest BCUT2D eigenvalue weighted by Crippen LogP contribution is 2.25. The molecule has 3 heterocycles. The fourth-order valence-electron chi connectivity index (χ4n) is 2.85. The van der Waals surface area contributed by atoms with Crippen LogP contribution in [0, 0.1) is 0 Å². The average molecular weight is 338 g/mol. The summed E-state index contributed by atoms with van der Waals surface area (Å²) in [4.78, 5) is 0.269. The van der Waals surface area contributed by atoms with Crippen LogP contribution in [0.2, 0.25) is 0 Å². The first kappa shape index (κ1) is 16.1. The van der Waals surface area contributed by atoms with Gasteiger partial charge in [-0.1, -0.05) is 5.21 Å². The Morgan fingerprint density at radius 2 is 2.09 bits per heavy atom. The Kier molecular flexibility index (Phi) is 4.49. The fourth-order valence-corrected chi connectivity index (χ4v) is 4.29. The van der Waals surface area contributed by atoms with Crippen molar-refractivity contribution in [2.75, 3.05) is 13.1 Å². The van der Waals surface area contributed by atoms with E-state index in [9.17, 15) is 8.42 Å². The second-order valence-electron chi connectivity index (χ2n) is 6.12. The molecule has 1 aliphatic heterocycles. The first-order valence-corrected chi connectivity index (χ1v) is 9.32. The molecule has 0 spiro atoms. The van der Waals surface area contributed by atoms with Crippen molar-refractivity contribution in [1.82, 2.24) is 29.1 Å². The molecule has 3 rings (SSSR count). The van der Waals surface area contributed by atoms with E-state index < -0.39 is 10.0 Å². The summed E-state index contributed by atoms with van der Waals surface area (Å²) < 4.78 is 30.7. The Balaban J connectivity index is 1.75. The zero-order valence-corrected chi connectivity index (χ0v) is 14.2. The number of hydrogen-bond donors (Lipinski definition) is 0. The van der Waals surface area contributed by atoms with E-state index in [1.54, 1.807) is 21.4 Å². The number of hydrogen-bond acceptors (Lipinski definition) is 5. The molecule has 1 atom stereocenters. The molecule has 1 fully saturated rings. The van der Waals surface area contributed by atoms with Gasteiger partial charge in [-0.25, -0.2) is 13.1 Å². The van der Waals surface area contributed by atoms with E-state index >= 15 is 0 Å². The maximum atomic E-state index is 12.8. The summed E-state index contributed by atoms with van der Waals surface area (Å²) in [5, 5.41) is 12.0. The zero-order valence-electron chi connectivity index (χ0n) is 13.4. The Hall–Kier alpha value is -1.74. The second kappa shape index (κ2) is 6.40. The molecule has 2 aromatic rings. The minimum Gasteiger partial charge on any atom is -0.269 e. The topological polar surface area (TPSA) is 85.9 Å². The predicted molar refractivity (Wildman–Crippen MR) is 84.3 cm³/mol. The molecular formula is C14H22N6O2S. The van der Waals surface area contributed by atoms with E-state index in [-0.39, 0.29) is 17.0 Å². The summed E-state index contributed by atoms with van der Waals surface area (Å²) in [6.45, 7) is 4.95. The number of aromatic nitrogens is 5. The third-order valence-corrected chi connectivity index (χ3v) is 6.07. The van der Waals surface area contributed by atoms with Gasteiger partial charge >= 0.3 is 0 Å². The molecule has 0 N–H and O–H groups in total. The predicted octanol–water partition coefficient (Wildman–Crippen LogP) is 1.47. The largest absolute Gasteiger partial charge is 0.269 e. The Morgan fingerprint density at radius 1 is 1.26 bits per heavy atom. The third-order valence-electron chi connectivity index (χ3n) is 4.22. The Labute approximate surface area is 136 Å². The quantitative estimate of drug-likeness (QED) is 0.842. The van der Waals surface area contributed by atoms with Crippen LogP contribution in [0.4, 0.5) is 0 Å². The van der Waals surface area contributed by atoms with Crippen LogP contribution in [0.15, 0.2) is 29.7 Å². The standard InChI is InChI=1S/C14H22N6O2S/c1-12(2)20-11-14(10-16-20)23(21,22)18-7-3-4-13(5-8-18)19-9-6-15-17-19/h6,9-13H,3-5,7-8H2,1-2H3. The van der Waals surface area contributed by atoms with Gasteiger partial charge < -0.3 is 0 Å². The lowest BCUT2D eigenvalue weighted by Gasteiger charge is -2.19. The van der Waals surface area contributed by atoms with E-state index in [0.717, 1.165) is 19.3 Å². The summed E-state index contributed by atoms with van der Waals surface area (Å²) in [6, 6.07) is 0.343. The maximum absolute atomic E-state index is 12.8. The smallest absolute Gasteiger partial charge is 0.246 e. The minimum absolute atomic E-state index is 0.139. The van der Waals surface area contributed by atoms with Gasteiger partial charge in [0.25, 0.3) is 0 Å². The Bertz CT molecular complexity index is 737. The molecule has 2 aromatic heterocycles. The van der Waals surface area contributed by atoms with E-state index in [4.69, 9.17) is 0 Å². The molecule has 0 aromatic carbocycles. The van der Waals surface area contributed by atoms with Crippen molar-refractivity contribution in [1.29, 1.82) is 0 Å². The lowest BCUT2D eigenvalue weighted by molar-refractivity contribution is 0.385. The third kappa shape index (κ3) is 3.30. The number of rotatable bonds is 4. The van der Waals surface area contributed by atoms with Crippen molar-refractivity contribution in [3.05, 3.63) is 24.8 Å². The molecule has 0 saturated carbocycles. The van der Waals surface area contributed by atoms with Crippen LogP contribution in [0.3, 0.4) is 0 Å². The highest BCUT2D eigenvalue weighted by molar-refractivity contribution is 7.89. The lowest BCUT2D eigenvalue weighted by atomic mass is 10.1. The van der Waals surface area contributed by atoms with Crippen molar-refractivity contribution >= 4 is 10.0 Å². The van der Waals surface area contributed by atoms with Crippen LogP contribution in [0.5, 0.6) is 0 Å². The minimum atomic E-state index is -3.49. The lowest BCUT2D eigenvalue weighted by Crippen LogP contribution is -2.32. The van der Waals surface area contributed by atoms with Gasteiger partial charge in [0.05, 0.1) is 18.4 Å². The number of sulfonamides is 1. The van der Waals surface area contributed by atoms with Gasteiger partial charge in [0, 0.05) is 31.5 Å². The summed E-state index contributed by atoms with van der Waals surface area (Å²) in [7, 11) is -3.49. The van der Waals surface area contributed by atoms with Gasteiger partial charge in [-0.3, -0.25) is 4.68 Å². The van der Waals surface area contributed by atoms with Gasteiger partial charge in [0.2, 0.25) is 10.0 Å². The van der Waals surface area contributed by atoms with Crippen LogP contribution in [-0.4, -0.2) is 50.6 Å². The van der Waals surface area contributed by atoms with Crippen LogP contribution >= 0.6 is 0 Å². The van der Waals surface area contributed by atoms with Gasteiger partial charge in [-0.05, 0) is 33.1 Å². The van der Waals surface area contributed by atoms with Crippen molar-refractivity contribution in [2.45, 2.75) is 50.1 Å². The summed E-state index contributed by atoms with van der Waals surface area (Å²) >= 11 is 0. The van der Waals surface area contributed by atoms with Gasteiger partial charge in [0.1, 0.15) is 4.90 Å². The maximum Gasteiger partial charge on any atom is 0.246 e. The first-order valence-electron chi connectivity index (χ1n) is 7.88. The van der Waals surface area contributed by atoms with Crippen LogP contribution in [0.1, 0.15) is 45.2 Å². The molecule has 0 bridgehead atoms. The van der Waals surface area contributed by atoms with Crippen molar-refractivity contribution < 1.29 is 8.42 Å². The average Bonchev–Trinajstić information content (AvgIpc) is 3.15. The van der Waals surface area contributed by atoms with E-state index in [1.807, 2.05) is 24.7 Å². The highest BCUT2D eigenvalue weighted by Gasteiger charge is 2.29. The van der Waals surface area contributed by atoms with Crippen LogP contribution < -0.4 is 0 Å². The van der Waals surface area contributed by atoms with Crippen molar-refractivity contribution in [2.24, 2.45) is 0 Å². The molecule has 0 aliphatic carbocycles. The van der Waals surface area contributed by atoms with Crippen molar-refractivity contribution in [3.63, 3.8) is 0 Å². The van der Waals surface area contributed by atoms with E-state index in [1.165, 1.54) is 6.20 Å². The van der Waals surface area contributed by atoms with E-state index in [0.29, 0.717) is 13.1 Å². The molecule has 1 aliphatic rings. The molecule has 1 unspecified atom stereocenters. The monoisotopic (exact) mass is 338 g/mol. The molecule has 23 heavy (non-hydrogen) atoms. The van der Waals surface area contributed by atoms with Gasteiger partial charge in [-0.15, -0.1) is 5.10 Å². The van der Waals surface area contributed by atoms with Crippen molar-refractivity contribution in [3.8, 4) is 0 Å². The molecular weight excluding hydrogens is 316 g/mol. The Morgan fingerprint density at radius 3 is 2.74 bits per heavy atom. The fraction of sp³-hybridized carbons (Fsp3) is 0.643. The first-order chi connectivity index (χ1) is 11.0. The summed E-state index contributed by atoms with van der Waals surface area (Å²) in [5.41, 5.74) is 0. The van der Waals surface area contributed by atoms with Gasteiger partial charge in [0.15, 0.2) is 0 Å². The summed E-state index contributed by atoms with van der Waals surface area (Å²) in [6.07, 6.45) is 8.99. The van der Waals surface area contributed by atoms with Crippen LogP contribution in [-0.2, 0) is 10.0 Å². The molecule has 8 nitrogen and oxygen atoms in total. The number of nitrogens with zero attached hydrogens (tertiary/aromatic N) is 6. The SMILES string of the molecule is CC(C)n1cc(S(=O)(=O)N2CCCC(n3ccnn3)CC2)cn1. The zero-order chi connectivity index (χ0) is 16.4. The molecule has 126 valence electrons. The highest BCUT2D eigenvalue weighted by atomic mass is 32.2. The van der Waals surface area contributed by atoms with Crippen LogP contribution in [0.25, 0.3) is 0 Å². The molecule has 0 amide bonds. The second-order valence-corrected chi connectivity index (χ2v) is 8.06.